The second-order valence-corrected chi connectivity index (χ2v) is 7.53. The molecule has 2 aromatic heterocycles. The Bertz CT molecular complexity index is 761. The highest BCUT2D eigenvalue weighted by atomic mass is 32.1. The van der Waals surface area contributed by atoms with Crippen molar-refractivity contribution in [2.24, 2.45) is 5.41 Å². The topological polar surface area (TPSA) is 78.2 Å². The van der Waals surface area contributed by atoms with Crippen LogP contribution in [0, 0.1) is 16.7 Å². The van der Waals surface area contributed by atoms with Gasteiger partial charge in [-0.1, -0.05) is 17.4 Å². The van der Waals surface area contributed by atoms with Crippen molar-refractivity contribution in [1.82, 2.24) is 15.2 Å². The smallest absolute Gasteiger partial charge is 0.208 e. The van der Waals surface area contributed by atoms with Crippen molar-refractivity contribution in [1.29, 1.82) is 5.26 Å². The summed E-state index contributed by atoms with van der Waals surface area (Å²) in [5.41, 5.74) is 2.28. The van der Waals surface area contributed by atoms with Gasteiger partial charge in [0.25, 0.3) is 0 Å². The minimum Gasteiger partial charge on any atom is -0.379 e. The third kappa shape index (κ3) is 3.43. The van der Waals surface area contributed by atoms with Crippen LogP contribution in [0.4, 0.5) is 10.9 Å². The Morgan fingerprint density at radius 1 is 1.24 bits per heavy atom. The summed E-state index contributed by atoms with van der Waals surface area (Å²) in [5.74, 6) is 0.858. The van der Waals surface area contributed by atoms with Crippen LogP contribution < -0.4 is 9.80 Å². The minimum absolute atomic E-state index is 0.0464. The molecule has 1 spiro atoms. The number of ether oxygens (including phenoxy) is 1. The average molecular weight is 356 g/mol. The number of piperidine rings is 1. The van der Waals surface area contributed by atoms with Crippen LogP contribution >= 0.6 is 11.3 Å². The summed E-state index contributed by atoms with van der Waals surface area (Å²) in [7, 11) is 0. The van der Waals surface area contributed by atoms with Crippen molar-refractivity contribution in [2.45, 2.75) is 12.8 Å². The standard InChI is InChI=1S/C17H20N6OS/c18-9-14-3-1-4-15(20-14)22-7-8-24-12-17(10-22)5-2-6-23(11-17)16-21-19-13-25-16/h1,3-4,13H,2,5-8,10-12H2/t17-/m1/s1. The Morgan fingerprint density at radius 3 is 3.00 bits per heavy atom. The number of pyridine rings is 1. The maximum atomic E-state index is 9.12. The summed E-state index contributed by atoms with van der Waals surface area (Å²) in [6, 6.07) is 7.74. The Balaban J connectivity index is 1.57. The monoisotopic (exact) mass is 356 g/mol. The molecule has 4 heterocycles. The summed E-state index contributed by atoms with van der Waals surface area (Å²) < 4.78 is 5.97. The Kier molecular flexibility index (Phi) is 4.51. The highest BCUT2D eigenvalue weighted by molar-refractivity contribution is 7.13. The van der Waals surface area contributed by atoms with E-state index in [1.807, 2.05) is 12.1 Å². The predicted molar refractivity (Wildman–Crippen MR) is 95.8 cm³/mol. The van der Waals surface area contributed by atoms with Gasteiger partial charge in [0.2, 0.25) is 5.13 Å². The first-order chi connectivity index (χ1) is 12.3. The van der Waals surface area contributed by atoms with Crippen LogP contribution in [0.25, 0.3) is 0 Å². The van der Waals surface area contributed by atoms with Gasteiger partial charge in [-0.3, -0.25) is 0 Å². The molecule has 0 aromatic carbocycles. The molecule has 2 saturated heterocycles. The number of nitrogens with zero attached hydrogens (tertiary/aromatic N) is 6. The lowest BCUT2D eigenvalue weighted by Gasteiger charge is -2.43. The lowest BCUT2D eigenvalue weighted by atomic mass is 9.80. The zero-order valence-electron chi connectivity index (χ0n) is 14.0. The van der Waals surface area contributed by atoms with Crippen molar-refractivity contribution in [3.8, 4) is 6.07 Å². The van der Waals surface area contributed by atoms with Crippen molar-refractivity contribution >= 4 is 22.3 Å². The maximum Gasteiger partial charge on any atom is 0.208 e. The average Bonchev–Trinajstić information content (AvgIpc) is 3.12. The Labute approximate surface area is 150 Å². The lowest BCUT2D eigenvalue weighted by Crippen LogP contribution is -2.51. The molecule has 2 aliphatic heterocycles. The normalized spacial score (nSPS) is 24.1. The van der Waals surface area contributed by atoms with Gasteiger partial charge in [0, 0.05) is 31.6 Å². The third-order valence-corrected chi connectivity index (χ3v) is 5.64. The number of aromatic nitrogens is 3. The molecule has 0 radical (unpaired) electrons. The molecule has 0 unspecified atom stereocenters. The van der Waals surface area contributed by atoms with Crippen molar-refractivity contribution in [3.63, 3.8) is 0 Å². The quantitative estimate of drug-likeness (QED) is 0.813. The van der Waals surface area contributed by atoms with E-state index in [0.717, 1.165) is 56.6 Å². The summed E-state index contributed by atoms with van der Waals surface area (Å²) in [6.45, 7) is 5.03. The molecule has 25 heavy (non-hydrogen) atoms. The molecule has 2 aliphatic rings. The van der Waals surface area contributed by atoms with Crippen LogP contribution in [-0.2, 0) is 4.74 Å². The fourth-order valence-electron chi connectivity index (χ4n) is 3.77. The van der Waals surface area contributed by atoms with E-state index in [1.165, 1.54) is 0 Å². The molecule has 0 saturated carbocycles. The Morgan fingerprint density at radius 2 is 2.16 bits per heavy atom. The van der Waals surface area contributed by atoms with E-state index in [2.05, 4.69) is 31.1 Å². The summed E-state index contributed by atoms with van der Waals surface area (Å²) in [6.07, 6.45) is 2.24. The van der Waals surface area contributed by atoms with E-state index in [9.17, 15) is 0 Å². The van der Waals surface area contributed by atoms with E-state index in [1.54, 1.807) is 22.9 Å². The van der Waals surface area contributed by atoms with Gasteiger partial charge in [-0.15, -0.1) is 10.2 Å². The molecule has 4 rings (SSSR count). The number of anilines is 2. The van der Waals surface area contributed by atoms with Gasteiger partial charge in [-0.25, -0.2) is 4.98 Å². The fraction of sp³-hybridized carbons (Fsp3) is 0.529. The number of rotatable bonds is 2. The largest absolute Gasteiger partial charge is 0.379 e. The number of hydrogen-bond donors (Lipinski definition) is 0. The highest BCUT2D eigenvalue weighted by Gasteiger charge is 2.40. The molecular weight excluding hydrogens is 336 g/mol. The number of nitriles is 1. The zero-order valence-corrected chi connectivity index (χ0v) is 14.8. The van der Waals surface area contributed by atoms with Gasteiger partial charge in [-0.2, -0.15) is 5.26 Å². The molecule has 7 nitrogen and oxygen atoms in total. The molecule has 2 aromatic rings. The molecule has 0 N–H and O–H groups in total. The van der Waals surface area contributed by atoms with Gasteiger partial charge in [0.1, 0.15) is 23.1 Å². The SMILES string of the molecule is N#Cc1cccc(N2CCOC[C@]3(CCCN(c4nncs4)C3)C2)n1. The van der Waals surface area contributed by atoms with Crippen LogP contribution in [0.5, 0.6) is 0 Å². The van der Waals surface area contributed by atoms with E-state index in [4.69, 9.17) is 10.00 Å². The molecular formula is C17H20N6OS. The molecule has 2 fully saturated rings. The van der Waals surface area contributed by atoms with Crippen LogP contribution in [0.2, 0.25) is 0 Å². The fourth-order valence-corrected chi connectivity index (χ4v) is 4.36. The lowest BCUT2D eigenvalue weighted by molar-refractivity contribution is 0.0598. The summed E-state index contributed by atoms with van der Waals surface area (Å²) in [4.78, 5) is 9.07. The molecule has 1 atom stereocenters. The van der Waals surface area contributed by atoms with E-state index < -0.39 is 0 Å². The zero-order chi connectivity index (χ0) is 17.1. The minimum atomic E-state index is 0.0464. The van der Waals surface area contributed by atoms with E-state index in [-0.39, 0.29) is 5.41 Å². The van der Waals surface area contributed by atoms with Crippen molar-refractivity contribution < 1.29 is 4.74 Å². The molecule has 130 valence electrons. The van der Waals surface area contributed by atoms with E-state index in [0.29, 0.717) is 12.3 Å². The first kappa shape index (κ1) is 16.2. The number of hydrogen-bond acceptors (Lipinski definition) is 8. The molecule has 0 aliphatic carbocycles. The van der Waals surface area contributed by atoms with Gasteiger partial charge < -0.3 is 14.5 Å². The van der Waals surface area contributed by atoms with Crippen LogP contribution in [0.15, 0.2) is 23.7 Å². The highest BCUT2D eigenvalue weighted by Crippen LogP contribution is 2.36. The van der Waals surface area contributed by atoms with Crippen LogP contribution in [0.3, 0.4) is 0 Å². The first-order valence-electron chi connectivity index (χ1n) is 8.49. The maximum absolute atomic E-state index is 9.12. The second-order valence-electron chi connectivity index (χ2n) is 6.71. The van der Waals surface area contributed by atoms with Crippen molar-refractivity contribution in [3.05, 3.63) is 29.4 Å². The molecule has 8 heteroatoms. The van der Waals surface area contributed by atoms with Gasteiger partial charge in [-0.05, 0) is 25.0 Å². The second kappa shape index (κ2) is 6.94. The van der Waals surface area contributed by atoms with Crippen LogP contribution in [0.1, 0.15) is 18.5 Å². The molecule has 0 bridgehead atoms. The van der Waals surface area contributed by atoms with E-state index >= 15 is 0 Å². The predicted octanol–water partition coefficient (Wildman–Crippen LogP) is 1.93. The van der Waals surface area contributed by atoms with Crippen LogP contribution in [-0.4, -0.2) is 54.6 Å². The van der Waals surface area contributed by atoms with Crippen molar-refractivity contribution in [2.75, 3.05) is 49.2 Å². The van der Waals surface area contributed by atoms with Gasteiger partial charge >= 0.3 is 0 Å². The summed E-state index contributed by atoms with van der Waals surface area (Å²) in [5, 5.41) is 18.3. The summed E-state index contributed by atoms with van der Waals surface area (Å²) >= 11 is 1.58. The molecule has 0 amide bonds. The van der Waals surface area contributed by atoms with Gasteiger partial charge in [0.15, 0.2) is 0 Å². The van der Waals surface area contributed by atoms with Gasteiger partial charge in [0.05, 0.1) is 13.2 Å². The Hall–Kier alpha value is -2.24. The third-order valence-electron chi connectivity index (χ3n) is 4.89. The first-order valence-corrected chi connectivity index (χ1v) is 9.37.